The summed E-state index contributed by atoms with van der Waals surface area (Å²) in [6.45, 7) is 1.41. The number of methoxy groups -OCH3 is 1. The van der Waals surface area contributed by atoms with Gasteiger partial charge < -0.3 is 9.47 Å². The maximum Gasteiger partial charge on any atom is 0.312 e. The Balaban J connectivity index is 2.03. The van der Waals surface area contributed by atoms with Crippen LogP contribution in [0.1, 0.15) is 31.2 Å². The number of hydrogen-bond acceptors (Lipinski definition) is 4. The molecule has 1 aromatic carbocycles. The molecule has 0 saturated heterocycles. The zero-order valence-corrected chi connectivity index (χ0v) is 14.6. The molecular weight excluding hydrogens is 318 g/mol. The molecule has 1 aromatic rings. The molecule has 0 aromatic heterocycles. The summed E-state index contributed by atoms with van der Waals surface area (Å²) in [6.07, 6.45) is 6.84. The SMILES string of the molecule is COC(=O)[C@]1(CCCN=[N+]=[N-])CC=CC[C@@H]1COCc1ccccc1. The molecule has 2 rings (SSSR count). The van der Waals surface area contributed by atoms with Crippen LogP contribution in [0.3, 0.4) is 0 Å². The maximum atomic E-state index is 12.6. The first-order valence-electron chi connectivity index (χ1n) is 8.59. The fourth-order valence-corrected chi connectivity index (χ4v) is 3.44. The number of rotatable bonds is 9. The molecule has 0 heterocycles. The fourth-order valence-electron chi connectivity index (χ4n) is 3.44. The lowest BCUT2D eigenvalue weighted by Gasteiger charge is -2.39. The first kappa shape index (κ1) is 19.0. The molecule has 0 amide bonds. The third-order valence-electron chi connectivity index (χ3n) is 4.82. The smallest absolute Gasteiger partial charge is 0.312 e. The van der Waals surface area contributed by atoms with Gasteiger partial charge in [-0.2, -0.15) is 0 Å². The second-order valence-corrected chi connectivity index (χ2v) is 6.31. The van der Waals surface area contributed by atoms with Crippen molar-refractivity contribution in [1.29, 1.82) is 0 Å². The first-order chi connectivity index (χ1) is 12.2. The van der Waals surface area contributed by atoms with Gasteiger partial charge in [-0.15, -0.1) is 0 Å². The largest absolute Gasteiger partial charge is 0.469 e. The van der Waals surface area contributed by atoms with Crippen molar-refractivity contribution in [3.63, 3.8) is 0 Å². The normalized spacial score (nSPS) is 22.2. The maximum absolute atomic E-state index is 12.6. The van der Waals surface area contributed by atoms with Crippen molar-refractivity contribution in [3.8, 4) is 0 Å². The summed E-state index contributed by atoms with van der Waals surface area (Å²) in [6, 6.07) is 9.98. The van der Waals surface area contributed by atoms with E-state index >= 15 is 0 Å². The third-order valence-corrected chi connectivity index (χ3v) is 4.82. The van der Waals surface area contributed by atoms with Gasteiger partial charge >= 0.3 is 5.97 Å². The van der Waals surface area contributed by atoms with Gasteiger partial charge in [0.25, 0.3) is 0 Å². The van der Waals surface area contributed by atoms with Gasteiger partial charge in [-0.3, -0.25) is 4.79 Å². The van der Waals surface area contributed by atoms with Crippen LogP contribution >= 0.6 is 0 Å². The average Bonchev–Trinajstić information content (AvgIpc) is 2.66. The van der Waals surface area contributed by atoms with E-state index < -0.39 is 5.41 Å². The molecule has 0 aliphatic heterocycles. The third kappa shape index (κ3) is 5.08. The summed E-state index contributed by atoms with van der Waals surface area (Å²) in [5.41, 5.74) is 8.94. The van der Waals surface area contributed by atoms with E-state index in [-0.39, 0.29) is 11.9 Å². The van der Waals surface area contributed by atoms with E-state index in [4.69, 9.17) is 15.0 Å². The number of carbonyl (C=O) groups excluding carboxylic acids is 1. The predicted octanol–water partition coefficient (Wildman–Crippen LogP) is 4.42. The summed E-state index contributed by atoms with van der Waals surface area (Å²) < 4.78 is 11.0. The highest BCUT2D eigenvalue weighted by molar-refractivity contribution is 5.77. The molecule has 0 bridgehead atoms. The van der Waals surface area contributed by atoms with E-state index in [2.05, 4.69) is 16.1 Å². The van der Waals surface area contributed by atoms with Crippen LogP contribution in [0.5, 0.6) is 0 Å². The Hall–Kier alpha value is -2.30. The Labute approximate surface area is 148 Å². The highest BCUT2D eigenvalue weighted by Crippen LogP contribution is 2.43. The van der Waals surface area contributed by atoms with E-state index in [1.807, 2.05) is 36.4 Å². The van der Waals surface area contributed by atoms with E-state index in [0.717, 1.165) is 12.0 Å². The van der Waals surface area contributed by atoms with Crippen molar-refractivity contribution in [3.05, 3.63) is 58.5 Å². The standard InChI is InChI=1S/C19H25N3O3/c1-24-18(23)19(12-7-13-21-22-20)11-6-5-10-17(19)15-25-14-16-8-3-2-4-9-16/h2-6,8-9,17H,7,10-15H2,1H3/t17-,19+/m1/s1. The van der Waals surface area contributed by atoms with Crippen LogP contribution in [0.2, 0.25) is 0 Å². The Morgan fingerprint density at radius 3 is 2.88 bits per heavy atom. The number of hydrogen-bond donors (Lipinski definition) is 0. The van der Waals surface area contributed by atoms with Crippen LogP contribution in [-0.4, -0.2) is 26.2 Å². The number of carbonyl (C=O) groups is 1. The Bertz CT molecular complexity index is 626. The van der Waals surface area contributed by atoms with Gasteiger partial charge in [-0.1, -0.05) is 47.6 Å². The number of ether oxygens (including phenoxy) is 2. The molecule has 6 heteroatoms. The number of esters is 1. The minimum atomic E-state index is -0.606. The summed E-state index contributed by atoms with van der Waals surface area (Å²) >= 11 is 0. The van der Waals surface area contributed by atoms with Crippen molar-refractivity contribution >= 4 is 5.97 Å². The highest BCUT2D eigenvalue weighted by atomic mass is 16.5. The fraction of sp³-hybridized carbons (Fsp3) is 0.526. The minimum absolute atomic E-state index is 0.0553. The first-order valence-corrected chi connectivity index (χ1v) is 8.59. The summed E-state index contributed by atoms with van der Waals surface area (Å²) in [7, 11) is 1.43. The molecule has 0 unspecified atom stereocenters. The van der Waals surface area contributed by atoms with Crippen molar-refractivity contribution in [2.75, 3.05) is 20.3 Å². The molecule has 1 aliphatic carbocycles. The van der Waals surface area contributed by atoms with Gasteiger partial charge in [0.1, 0.15) is 0 Å². The zero-order valence-electron chi connectivity index (χ0n) is 14.6. The lowest BCUT2D eigenvalue weighted by Crippen LogP contribution is -2.43. The molecule has 6 nitrogen and oxygen atoms in total. The molecule has 25 heavy (non-hydrogen) atoms. The minimum Gasteiger partial charge on any atom is -0.469 e. The number of nitrogens with zero attached hydrogens (tertiary/aromatic N) is 3. The zero-order chi connectivity index (χ0) is 18.0. The molecule has 0 N–H and O–H groups in total. The van der Waals surface area contributed by atoms with Crippen LogP contribution in [-0.2, 0) is 20.9 Å². The van der Waals surface area contributed by atoms with Crippen molar-refractivity contribution in [2.24, 2.45) is 16.4 Å². The molecule has 2 atom stereocenters. The lowest BCUT2D eigenvalue weighted by molar-refractivity contribution is -0.159. The summed E-state index contributed by atoms with van der Waals surface area (Å²) in [5, 5.41) is 3.58. The van der Waals surface area contributed by atoms with Crippen LogP contribution in [0, 0.1) is 11.3 Å². The van der Waals surface area contributed by atoms with Gasteiger partial charge in [0.15, 0.2) is 0 Å². The molecule has 1 aliphatic rings. The Morgan fingerprint density at radius 2 is 2.16 bits per heavy atom. The molecule has 0 spiro atoms. The molecule has 0 radical (unpaired) electrons. The van der Waals surface area contributed by atoms with E-state index in [0.29, 0.717) is 39.0 Å². The lowest BCUT2D eigenvalue weighted by atomic mass is 9.66. The quantitative estimate of drug-likeness (QED) is 0.166. The molecule has 134 valence electrons. The monoisotopic (exact) mass is 343 g/mol. The van der Waals surface area contributed by atoms with Crippen molar-refractivity contribution < 1.29 is 14.3 Å². The Morgan fingerprint density at radius 1 is 1.36 bits per heavy atom. The van der Waals surface area contributed by atoms with Gasteiger partial charge in [0.05, 0.1) is 25.7 Å². The summed E-state index contributed by atoms with van der Waals surface area (Å²) in [5.74, 6) is -0.147. The van der Waals surface area contributed by atoms with Gasteiger partial charge in [-0.05, 0) is 36.8 Å². The average molecular weight is 343 g/mol. The van der Waals surface area contributed by atoms with Crippen molar-refractivity contribution in [1.82, 2.24) is 0 Å². The topological polar surface area (TPSA) is 84.3 Å². The van der Waals surface area contributed by atoms with E-state index in [1.165, 1.54) is 7.11 Å². The van der Waals surface area contributed by atoms with Crippen molar-refractivity contribution in [2.45, 2.75) is 32.3 Å². The van der Waals surface area contributed by atoms with E-state index in [1.54, 1.807) is 0 Å². The van der Waals surface area contributed by atoms with Gasteiger partial charge in [0.2, 0.25) is 0 Å². The summed E-state index contributed by atoms with van der Waals surface area (Å²) in [4.78, 5) is 15.4. The predicted molar refractivity (Wildman–Crippen MR) is 95.7 cm³/mol. The second kappa shape index (κ2) is 9.87. The second-order valence-electron chi connectivity index (χ2n) is 6.31. The Kier molecular flexibility index (Phi) is 7.51. The number of allylic oxidation sites excluding steroid dienone is 2. The highest BCUT2D eigenvalue weighted by Gasteiger charge is 2.46. The van der Waals surface area contributed by atoms with E-state index in [9.17, 15) is 4.79 Å². The van der Waals surface area contributed by atoms with Crippen LogP contribution in [0.25, 0.3) is 10.4 Å². The van der Waals surface area contributed by atoms with Crippen LogP contribution < -0.4 is 0 Å². The molecular formula is C19H25N3O3. The molecule has 0 saturated carbocycles. The molecule has 0 fully saturated rings. The van der Waals surface area contributed by atoms with Crippen LogP contribution in [0.4, 0.5) is 0 Å². The van der Waals surface area contributed by atoms with Gasteiger partial charge in [0, 0.05) is 17.4 Å². The van der Waals surface area contributed by atoms with Gasteiger partial charge in [-0.25, -0.2) is 0 Å². The number of azide groups is 1. The number of benzene rings is 1. The van der Waals surface area contributed by atoms with Crippen LogP contribution in [0.15, 0.2) is 47.6 Å².